The Morgan fingerprint density at radius 1 is 1.43 bits per heavy atom. The van der Waals surface area contributed by atoms with Gasteiger partial charge in [0, 0.05) is 12.6 Å². The van der Waals surface area contributed by atoms with Crippen LogP contribution in [0.5, 0.6) is 5.75 Å². The number of phenolic OH excluding ortho intramolecular Hbond substituents is 1. The van der Waals surface area contributed by atoms with Crippen molar-refractivity contribution in [3.63, 3.8) is 0 Å². The first-order valence-corrected chi connectivity index (χ1v) is 4.71. The molecule has 14 heavy (non-hydrogen) atoms. The lowest BCUT2D eigenvalue weighted by Gasteiger charge is -2.02. The molecule has 0 spiro atoms. The van der Waals surface area contributed by atoms with Crippen molar-refractivity contribution in [2.45, 2.75) is 13.3 Å². The van der Waals surface area contributed by atoms with Crippen molar-refractivity contribution in [3.8, 4) is 5.75 Å². The minimum Gasteiger partial charge on any atom is -0.507 e. The Hall–Kier alpha value is -1.57. The number of hydrogen-bond acceptors (Lipinski definition) is 2. The lowest BCUT2D eigenvalue weighted by atomic mass is 10.1. The zero-order valence-corrected chi connectivity index (χ0v) is 8.57. The van der Waals surface area contributed by atoms with Crippen molar-refractivity contribution < 1.29 is 5.11 Å². The van der Waals surface area contributed by atoms with Crippen LogP contribution in [0.25, 0.3) is 0 Å². The summed E-state index contributed by atoms with van der Waals surface area (Å²) in [6, 6.07) is 7.22. The molecule has 1 rings (SSSR count). The summed E-state index contributed by atoms with van der Waals surface area (Å²) in [7, 11) is 1.72. The second-order valence-electron chi connectivity index (χ2n) is 2.94. The minimum atomic E-state index is 0.272. The second kappa shape index (κ2) is 5.22. The monoisotopic (exact) mass is 189 g/mol. The molecule has 0 fully saturated rings. The van der Waals surface area contributed by atoms with E-state index >= 15 is 0 Å². The summed E-state index contributed by atoms with van der Waals surface area (Å²) in [5, 5.41) is 9.60. The summed E-state index contributed by atoms with van der Waals surface area (Å²) >= 11 is 0. The maximum Gasteiger partial charge on any atom is 0.124 e. The fourth-order valence-corrected chi connectivity index (χ4v) is 1.20. The first kappa shape index (κ1) is 10.5. The molecule has 2 nitrogen and oxygen atoms in total. The van der Waals surface area contributed by atoms with Crippen LogP contribution in [-0.4, -0.2) is 17.9 Å². The quantitative estimate of drug-likeness (QED) is 0.728. The molecule has 2 heteroatoms. The highest BCUT2D eigenvalue weighted by atomic mass is 16.3. The van der Waals surface area contributed by atoms with Gasteiger partial charge in [0.2, 0.25) is 0 Å². The lowest BCUT2D eigenvalue weighted by molar-refractivity contribution is 0.474. The van der Waals surface area contributed by atoms with E-state index in [1.807, 2.05) is 24.3 Å². The molecular weight excluding hydrogens is 174 g/mol. The summed E-state index contributed by atoms with van der Waals surface area (Å²) in [6.07, 6.45) is 4.91. The molecule has 0 amide bonds. The third kappa shape index (κ3) is 2.46. The molecule has 0 aliphatic rings. The average molecular weight is 189 g/mol. The summed E-state index contributed by atoms with van der Waals surface area (Å²) < 4.78 is 0. The van der Waals surface area contributed by atoms with Gasteiger partial charge < -0.3 is 5.11 Å². The minimum absolute atomic E-state index is 0.272. The SMILES string of the molecule is CC/C=C\C(=NC)c1ccccc1O. The molecule has 74 valence electrons. The van der Waals surface area contributed by atoms with Gasteiger partial charge in [-0.2, -0.15) is 0 Å². The molecular formula is C12H15NO. The molecule has 0 saturated heterocycles. The molecule has 1 aromatic carbocycles. The fraction of sp³-hybridized carbons (Fsp3) is 0.250. The predicted octanol–water partition coefficient (Wildman–Crippen LogP) is 2.78. The molecule has 0 radical (unpaired) electrons. The summed E-state index contributed by atoms with van der Waals surface area (Å²) in [5.41, 5.74) is 1.59. The van der Waals surface area contributed by atoms with E-state index in [-0.39, 0.29) is 5.75 Å². The molecule has 0 aliphatic heterocycles. The van der Waals surface area contributed by atoms with Gasteiger partial charge in [0.05, 0.1) is 5.71 Å². The van der Waals surface area contributed by atoms with Crippen molar-refractivity contribution >= 4 is 5.71 Å². The molecule has 0 atom stereocenters. The first-order valence-electron chi connectivity index (χ1n) is 4.71. The third-order valence-corrected chi connectivity index (χ3v) is 1.93. The standard InChI is InChI=1S/C12H15NO/c1-3-4-8-11(13-2)10-7-5-6-9-12(10)14/h4-9,14H,3H2,1-2H3/b8-4-,13-11?. The number of benzene rings is 1. The Morgan fingerprint density at radius 2 is 2.14 bits per heavy atom. The average Bonchev–Trinajstić information content (AvgIpc) is 2.21. The van der Waals surface area contributed by atoms with Crippen molar-refractivity contribution in [1.82, 2.24) is 0 Å². The predicted molar refractivity (Wildman–Crippen MR) is 60.0 cm³/mol. The van der Waals surface area contributed by atoms with E-state index in [1.165, 1.54) is 0 Å². The highest BCUT2D eigenvalue weighted by Gasteiger charge is 2.03. The van der Waals surface area contributed by atoms with Crippen LogP contribution in [0.3, 0.4) is 0 Å². The normalized spacial score (nSPS) is 12.3. The van der Waals surface area contributed by atoms with Crippen molar-refractivity contribution in [2.75, 3.05) is 7.05 Å². The molecule has 0 aromatic heterocycles. The van der Waals surface area contributed by atoms with E-state index in [2.05, 4.69) is 11.9 Å². The van der Waals surface area contributed by atoms with Crippen LogP contribution in [0, 0.1) is 0 Å². The zero-order chi connectivity index (χ0) is 10.4. The van der Waals surface area contributed by atoms with Gasteiger partial charge in [-0.25, -0.2) is 0 Å². The number of para-hydroxylation sites is 1. The Labute approximate surface area is 84.6 Å². The van der Waals surface area contributed by atoms with Crippen LogP contribution in [0.4, 0.5) is 0 Å². The lowest BCUT2D eigenvalue weighted by Crippen LogP contribution is -1.96. The number of aromatic hydroxyl groups is 1. The first-order chi connectivity index (χ1) is 6.79. The maximum atomic E-state index is 9.60. The maximum absolute atomic E-state index is 9.60. The number of hydrogen-bond donors (Lipinski definition) is 1. The van der Waals surface area contributed by atoms with Crippen LogP contribution in [-0.2, 0) is 0 Å². The van der Waals surface area contributed by atoms with Crippen LogP contribution in [0.1, 0.15) is 18.9 Å². The molecule has 0 saturated carbocycles. The van der Waals surface area contributed by atoms with Crippen LogP contribution >= 0.6 is 0 Å². The van der Waals surface area contributed by atoms with Gasteiger partial charge in [-0.1, -0.05) is 25.1 Å². The molecule has 1 aromatic rings. The summed E-state index contributed by atoms with van der Waals surface area (Å²) in [6.45, 7) is 2.06. The zero-order valence-electron chi connectivity index (χ0n) is 8.57. The van der Waals surface area contributed by atoms with Crippen molar-refractivity contribution in [1.29, 1.82) is 0 Å². The van der Waals surface area contributed by atoms with Gasteiger partial charge in [0.1, 0.15) is 5.75 Å². The second-order valence-corrected chi connectivity index (χ2v) is 2.94. The van der Waals surface area contributed by atoms with E-state index in [4.69, 9.17) is 0 Å². The van der Waals surface area contributed by atoms with Crippen molar-refractivity contribution in [2.24, 2.45) is 4.99 Å². The largest absolute Gasteiger partial charge is 0.507 e. The third-order valence-electron chi connectivity index (χ3n) is 1.93. The number of nitrogens with zero attached hydrogens (tertiary/aromatic N) is 1. The van der Waals surface area contributed by atoms with Gasteiger partial charge in [-0.05, 0) is 24.6 Å². The van der Waals surface area contributed by atoms with Gasteiger partial charge in [-0.3, -0.25) is 4.99 Å². The van der Waals surface area contributed by atoms with Crippen LogP contribution in [0.15, 0.2) is 41.4 Å². The van der Waals surface area contributed by atoms with Gasteiger partial charge in [0.15, 0.2) is 0 Å². The van der Waals surface area contributed by atoms with E-state index in [9.17, 15) is 5.11 Å². The summed E-state index contributed by atoms with van der Waals surface area (Å²) in [4.78, 5) is 4.13. The number of phenols is 1. The van der Waals surface area contributed by atoms with Crippen LogP contribution in [0.2, 0.25) is 0 Å². The smallest absolute Gasteiger partial charge is 0.124 e. The topological polar surface area (TPSA) is 32.6 Å². The molecule has 0 unspecified atom stereocenters. The van der Waals surface area contributed by atoms with Crippen LogP contribution < -0.4 is 0 Å². The molecule has 0 aliphatic carbocycles. The Kier molecular flexibility index (Phi) is 3.92. The highest BCUT2D eigenvalue weighted by molar-refractivity contribution is 6.10. The number of allylic oxidation sites excluding steroid dienone is 2. The number of rotatable bonds is 3. The number of aliphatic imine (C=N–C) groups is 1. The van der Waals surface area contributed by atoms with Gasteiger partial charge in [-0.15, -0.1) is 0 Å². The molecule has 0 bridgehead atoms. The van der Waals surface area contributed by atoms with Crippen molar-refractivity contribution in [3.05, 3.63) is 42.0 Å². The Bertz CT molecular complexity index is 353. The molecule has 1 N–H and O–H groups in total. The van der Waals surface area contributed by atoms with E-state index in [1.54, 1.807) is 19.2 Å². The van der Waals surface area contributed by atoms with E-state index in [0.29, 0.717) is 0 Å². The summed E-state index contributed by atoms with van der Waals surface area (Å²) in [5.74, 6) is 0.272. The van der Waals surface area contributed by atoms with E-state index in [0.717, 1.165) is 17.7 Å². The van der Waals surface area contributed by atoms with E-state index < -0.39 is 0 Å². The Balaban J connectivity index is 3.02. The molecule has 0 heterocycles. The van der Waals surface area contributed by atoms with Gasteiger partial charge in [0.25, 0.3) is 0 Å². The van der Waals surface area contributed by atoms with Gasteiger partial charge >= 0.3 is 0 Å². The fourth-order valence-electron chi connectivity index (χ4n) is 1.20. The Morgan fingerprint density at radius 3 is 2.71 bits per heavy atom. The highest BCUT2D eigenvalue weighted by Crippen LogP contribution is 2.17.